The third-order valence-corrected chi connectivity index (χ3v) is 3.20. The molecule has 0 saturated heterocycles. The fourth-order valence-corrected chi connectivity index (χ4v) is 2.03. The summed E-state index contributed by atoms with van der Waals surface area (Å²) in [5.41, 5.74) is 2.40. The van der Waals surface area contributed by atoms with Gasteiger partial charge >= 0.3 is 0 Å². The van der Waals surface area contributed by atoms with Gasteiger partial charge in [0.2, 0.25) is 0 Å². The zero-order valence-corrected chi connectivity index (χ0v) is 12.4. The van der Waals surface area contributed by atoms with E-state index in [1.165, 1.54) is 5.56 Å². The van der Waals surface area contributed by atoms with Gasteiger partial charge in [0.15, 0.2) is 0 Å². The maximum absolute atomic E-state index is 5.52. The molecule has 20 heavy (non-hydrogen) atoms. The first-order valence-corrected chi connectivity index (χ1v) is 7.10. The van der Waals surface area contributed by atoms with Crippen LogP contribution >= 0.6 is 0 Å². The van der Waals surface area contributed by atoms with Gasteiger partial charge in [-0.2, -0.15) is 0 Å². The lowest BCUT2D eigenvalue weighted by atomic mass is 10.1. The third-order valence-electron chi connectivity index (χ3n) is 3.20. The molecule has 1 aromatic heterocycles. The topological polar surface area (TPSA) is 39.1 Å². The molecule has 0 saturated carbocycles. The number of rotatable bonds is 7. The number of nitrogens with zero attached hydrogens (tertiary/aromatic N) is 2. The van der Waals surface area contributed by atoms with Gasteiger partial charge in [-0.25, -0.2) is 4.98 Å². The van der Waals surface area contributed by atoms with Crippen LogP contribution in [-0.2, 0) is 4.74 Å². The quantitative estimate of drug-likeness (QED) is 0.788. The summed E-state index contributed by atoms with van der Waals surface area (Å²) in [6, 6.07) is 8.84. The van der Waals surface area contributed by atoms with Gasteiger partial charge in [0.05, 0.1) is 19.0 Å². The summed E-state index contributed by atoms with van der Waals surface area (Å²) >= 11 is 0. The van der Waals surface area contributed by atoms with Crippen LogP contribution in [-0.4, -0.2) is 28.8 Å². The van der Waals surface area contributed by atoms with Crippen molar-refractivity contribution in [3.63, 3.8) is 0 Å². The highest BCUT2D eigenvalue weighted by molar-refractivity contribution is 5.35. The molecule has 1 unspecified atom stereocenters. The third kappa shape index (κ3) is 4.18. The maximum Gasteiger partial charge on any atom is 0.0991 e. The number of hydrogen-bond donors (Lipinski definition) is 1. The normalized spacial score (nSPS) is 12.8. The first kappa shape index (κ1) is 14.8. The molecule has 2 aromatic rings. The Hall–Kier alpha value is -1.65. The largest absolute Gasteiger partial charge is 0.377 e. The molecule has 0 spiro atoms. The molecule has 1 aromatic carbocycles. The minimum absolute atomic E-state index is 0.293. The van der Waals surface area contributed by atoms with Crippen LogP contribution in [0.15, 0.2) is 43.0 Å². The molecule has 0 radical (unpaired) electrons. The summed E-state index contributed by atoms with van der Waals surface area (Å²) in [4.78, 5) is 4.06. The Balaban J connectivity index is 1.86. The Labute approximate surface area is 120 Å². The van der Waals surface area contributed by atoms with Crippen molar-refractivity contribution in [2.24, 2.45) is 0 Å². The average Bonchev–Trinajstić information content (AvgIpc) is 2.97. The molecule has 0 fully saturated rings. The Bertz CT molecular complexity index is 491. The summed E-state index contributed by atoms with van der Waals surface area (Å²) in [5.74, 6) is 0. The van der Waals surface area contributed by atoms with Crippen LogP contribution in [0.3, 0.4) is 0 Å². The molecule has 1 heterocycles. The van der Waals surface area contributed by atoms with E-state index in [0.29, 0.717) is 12.1 Å². The van der Waals surface area contributed by atoms with Gasteiger partial charge < -0.3 is 14.6 Å². The van der Waals surface area contributed by atoms with E-state index in [4.69, 9.17) is 4.74 Å². The van der Waals surface area contributed by atoms with Crippen LogP contribution in [0.2, 0.25) is 0 Å². The number of hydrogen-bond acceptors (Lipinski definition) is 3. The lowest BCUT2D eigenvalue weighted by Crippen LogP contribution is -2.24. The van der Waals surface area contributed by atoms with Gasteiger partial charge in [0.1, 0.15) is 0 Å². The van der Waals surface area contributed by atoms with Crippen molar-refractivity contribution < 1.29 is 4.74 Å². The van der Waals surface area contributed by atoms with Gasteiger partial charge in [-0.1, -0.05) is 12.1 Å². The van der Waals surface area contributed by atoms with Crippen molar-refractivity contribution in [2.45, 2.75) is 32.9 Å². The zero-order chi connectivity index (χ0) is 14.4. The molecular formula is C16H23N3O. The lowest BCUT2D eigenvalue weighted by molar-refractivity contribution is 0.0796. The average molecular weight is 273 g/mol. The fourth-order valence-electron chi connectivity index (χ4n) is 2.03. The minimum atomic E-state index is 0.293. The second-order valence-corrected chi connectivity index (χ2v) is 5.16. The predicted molar refractivity (Wildman–Crippen MR) is 81.1 cm³/mol. The van der Waals surface area contributed by atoms with Gasteiger partial charge in [0, 0.05) is 30.7 Å². The van der Waals surface area contributed by atoms with Crippen molar-refractivity contribution in [3.05, 3.63) is 48.5 Å². The van der Waals surface area contributed by atoms with Gasteiger partial charge in [-0.05, 0) is 38.5 Å². The molecule has 1 atom stereocenters. The van der Waals surface area contributed by atoms with Crippen molar-refractivity contribution in [1.82, 2.24) is 14.9 Å². The molecule has 0 amide bonds. The second-order valence-electron chi connectivity index (χ2n) is 5.16. The van der Waals surface area contributed by atoms with E-state index in [9.17, 15) is 0 Å². The highest BCUT2D eigenvalue weighted by atomic mass is 16.5. The van der Waals surface area contributed by atoms with E-state index in [1.54, 1.807) is 12.5 Å². The Morgan fingerprint density at radius 3 is 2.55 bits per heavy atom. The van der Waals surface area contributed by atoms with E-state index in [0.717, 1.165) is 18.8 Å². The van der Waals surface area contributed by atoms with Crippen LogP contribution in [0.5, 0.6) is 0 Å². The van der Waals surface area contributed by atoms with E-state index in [1.807, 2.05) is 10.8 Å². The predicted octanol–water partition coefficient (Wildman–Crippen LogP) is 2.95. The Morgan fingerprint density at radius 1 is 1.20 bits per heavy atom. The SMILES string of the molecule is CC(C)OCCNC(C)c1ccc(-n2ccnc2)cc1. The van der Waals surface area contributed by atoms with Crippen molar-refractivity contribution in [1.29, 1.82) is 0 Å². The van der Waals surface area contributed by atoms with Gasteiger partial charge in [0.25, 0.3) is 0 Å². The van der Waals surface area contributed by atoms with E-state index < -0.39 is 0 Å². The summed E-state index contributed by atoms with van der Waals surface area (Å²) < 4.78 is 7.52. The van der Waals surface area contributed by atoms with Gasteiger partial charge in [-0.15, -0.1) is 0 Å². The highest BCUT2D eigenvalue weighted by Gasteiger charge is 2.05. The summed E-state index contributed by atoms with van der Waals surface area (Å²) in [5, 5.41) is 3.46. The van der Waals surface area contributed by atoms with Crippen LogP contribution < -0.4 is 5.32 Å². The highest BCUT2D eigenvalue weighted by Crippen LogP contribution is 2.15. The molecule has 0 aliphatic rings. The van der Waals surface area contributed by atoms with E-state index >= 15 is 0 Å². The molecular weight excluding hydrogens is 250 g/mol. The number of ether oxygens (including phenoxy) is 1. The monoisotopic (exact) mass is 273 g/mol. The fraction of sp³-hybridized carbons (Fsp3) is 0.438. The van der Waals surface area contributed by atoms with Crippen LogP contribution in [0.1, 0.15) is 32.4 Å². The molecule has 4 nitrogen and oxygen atoms in total. The molecule has 4 heteroatoms. The van der Waals surface area contributed by atoms with Crippen molar-refractivity contribution in [2.75, 3.05) is 13.2 Å². The summed E-state index contributed by atoms with van der Waals surface area (Å²) in [6.07, 6.45) is 5.83. The van der Waals surface area contributed by atoms with E-state index in [-0.39, 0.29) is 0 Å². The summed E-state index contributed by atoms with van der Waals surface area (Å²) in [7, 11) is 0. The Kier molecular flexibility index (Phi) is 5.32. The zero-order valence-electron chi connectivity index (χ0n) is 12.4. The standard InChI is InChI=1S/C16H23N3O/c1-13(2)20-11-9-18-14(3)15-4-6-16(7-5-15)19-10-8-17-12-19/h4-8,10,12-14,18H,9,11H2,1-3H3. The van der Waals surface area contributed by atoms with Gasteiger partial charge in [-0.3, -0.25) is 0 Å². The second kappa shape index (κ2) is 7.22. The number of nitrogens with one attached hydrogen (secondary N) is 1. The van der Waals surface area contributed by atoms with Crippen molar-refractivity contribution >= 4 is 0 Å². The van der Waals surface area contributed by atoms with Crippen LogP contribution in [0.25, 0.3) is 5.69 Å². The molecule has 0 aliphatic heterocycles. The maximum atomic E-state index is 5.52. The number of benzene rings is 1. The van der Waals surface area contributed by atoms with Crippen molar-refractivity contribution in [3.8, 4) is 5.69 Å². The Morgan fingerprint density at radius 2 is 1.95 bits per heavy atom. The molecule has 1 N–H and O–H groups in total. The summed E-state index contributed by atoms with van der Waals surface area (Å²) in [6.45, 7) is 7.88. The minimum Gasteiger partial charge on any atom is -0.377 e. The molecule has 108 valence electrons. The van der Waals surface area contributed by atoms with Crippen LogP contribution in [0.4, 0.5) is 0 Å². The first-order chi connectivity index (χ1) is 9.66. The number of aromatic nitrogens is 2. The molecule has 2 rings (SSSR count). The van der Waals surface area contributed by atoms with E-state index in [2.05, 4.69) is 55.3 Å². The first-order valence-electron chi connectivity index (χ1n) is 7.10. The number of imidazole rings is 1. The lowest BCUT2D eigenvalue weighted by Gasteiger charge is -2.15. The molecule has 0 aliphatic carbocycles. The molecule has 0 bridgehead atoms. The smallest absolute Gasteiger partial charge is 0.0991 e. The van der Waals surface area contributed by atoms with Crippen LogP contribution in [0, 0.1) is 0 Å².